The Labute approximate surface area is 169 Å². The summed E-state index contributed by atoms with van der Waals surface area (Å²) >= 11 is 3.27. The molecule has 1 aliphatic rings. The molecule has 1 nitrogen and oxygen atoms in total. The molecule has 3 rings (SSSR count). The molecule has 0 spiro atoms. The standard InChI is InChI=1S/C23H27BrF2O/c1-15-12-19(13-16(2)17(15)3)14-18-4-10-22(11-5-18)27-23(25,26)20-6-8-21(24)9-7-20/h6-9,12-13,18,22H,4-5,10-11,14H2,1-3H3. The number of ether oxygens (including phenoxy) is 1. The first kappa shape index (κ1) is 20.5. The SMILES string of the molecule is Cc1cc(CC2CCC(OC(F)(F)c3ccc(Br)cc3)CC2)cc(C)c1C. The van der Waals surface area contributed by atoms with Gasteiger partial charge < -0.3 is 4.74 Å². The third-order valence-electron chi connectivity index (χ3n) is 5.80. The molecule has 1 fully saturated rings. The third kappa shape index (κ3) is 5.17. The van der Waals surface area contributed by atoms with E-state index in [4.69, 9.17) is 4.74 Å². The van der Waals surface area contributed by atoms with Crippen molar-refractivity contribution in [3.63, 3.8) is 0 Å². The van der Waals surface area contributed by atoms with Crippen molar-refractivity contribution in [1.82, 2.24) is 0 Å². The van der Waals surface area contributed by atoms with Crippen LogP contribution in [-0.4, -0.2) is 6.10 Å². The molecular weight excluding hydrogens is 410 g/mol. The topological polar surface area (TPSA) is 9.23 Å². The van der Waals surface area contributed by atoms with Gasteiger partial charge in [-0.2, -0.15) is 8.78 Å². The van der Waals surface area contributed by atoms with E-state index in [0.717, 1.165) is 23.7 Å². The summed E-state index contributed by atoms with van der Waals surface area (Å²) in [5, 5.41) is 0. The van der Waals surface area contributed by atoms with Crippen molar-refractivity contribution in [1.29, 1.82) is 0 Å². The number of benzene rings is 2. The first-order valence-corrected chi connectivity index (χ1v) is 10.4. The van der Waals surface area contributed by atoms with E-state index < -0.39 is 6.11 Å². The molecule has 0 unspecified atom stereocenters. The lowest BCUT2D eigenvalue weighted by molar-refractivity contribution is -0.278. The molecule has 27 heavy (non-hydrogen) atoms. The molecule has 0 bridgehead atoms. The van der Waals surface area contributed by atoms with E-state index in [-0.39, 0.29) is 11.7 Å². The van der Waals surface area contributed by atoms with E-state index in [1.807, 2.05) is 0 Å². The Morgan fingerprint density at radius 2 is 1.52 bits per heavy atom. The van der Waals surface area contributed by atoms with Crippen molar-refractivity contribution >= 4 is 15.9 Å². The minimum atomic E-state index is -3.23. The third-order valence-corrected chi connectivity index (χ3v) is 6.33. The summed E-state index contributed by atoms with van der Waals surface area (Å²) in [6.07, 6.45) is 0.684. The summed E-state index contributed by atoms with van der Waals surface area (Å²) in [6, 6.07) is 10.6. The lowest BCUT2D eigenvalue weighted by atomic mass is 9.82. The highest BCUT2D eigenvalue weighted by atomic mass is 79.9. The lowest BCUT2D eigenvalue weighted by Gasteiger charge is -2.31. The van der Waals surface area contributed by atoms with E-state index in [9.17, 15) is 8.78 Å². The molecule has 0 heterocycles. The maximum atomic E-state index is 14.4. The number of alkyl halides is 2. The van der Waals surface area contributed by atoms with Crippen LogP contribution >= 0.6 is 15.9 Å². The van der Waals surface area contributed by atoms with Crippen LogP contribution in [0.15, 0.2) is 40.9 Å². The molecule has 2 aromatic rings. The summed E-state index contributed by atoms with van der Waals surface area (Å²) < 4.78 is 34.8. The highest BCUT2D eigenvalue weighted by Crippen LogP contribution is 2.37. The van der Waals surface area contributed by atoms with Crippen LogP contribution in [0.2, 0.25) is 0 Å². The van der Waals surface area contributed by atoms with E-state index in [2.05, 4.69) is 48.8 Å². The highest BCUT2D eigenvalue weighted by molar-refractivity contribution is 9.10. The maximum Gasteiger partial charge on any atom is 0.383 e. The molecule has 4 heteroatoms. The average molecular weight is 437 g/mol. The Bertz CT molecular complexity index is 754. The predicted octanol–water partition coefficient (Wildman–Crippen LogP) is 7.24. The summed E-state index contributed by atoms with van der Waals surface area (Å²) in [5.74, 6) is 0.549. The molecule has 0 saturated heterocycles. The fourth-order valence-corrected chi connectivity index (χ4v) is 4.22. The minimum Gasteiger partial charge on any atom is -0.313 e. The molecule has 0 N–H and O–H groups in total. The zero-order valence-electron chi connectivity index (χ0n) is 16.2. The number of hydrogen-bond donors (Lipinski definition) is 0. The molecule has 0 amide bonds. The van der Waals surface area contributed by atoms with Gasteiger partial charge in [0.25, 0.3) is 0 Å². The lowest BCUT2D eigenvalue weighted by Crippen LogP contribution is -2.30. The fraction of sp³-hybridized carbons (Fsp3) is 0.478. The van der Waals surface area contributed by atoms with Gasteiger partial charge in [0.15, 0.2) is 0 Å². The summed E-state index contributed by atoms with van der Waals surface area (Å²) in [4.78, 5) is 0. The first-order valence-electron chi connectivity index (χ1n) is 9.63. The van der Waals surface area contributed by atoms with Gasteiger partial charge in [-0.25, -0.2) is 0 Å². The first-order chi connectivity index (χ1) is 12.7. The van der Waals surface area contributed by atoms with Crippen LogP contribution in [0.25, 0.3) is 0 Å². The molecule has 0 aliphatic heterocycles. The second-order valence-electron chi connectivity index (χ2n) is 7.84. The Morgan fingerprint density at radius 1 is 0.963 bits per heavy atom. The van der Waals surface area contributed by atoms with Gasteiger partial charge in [-0.3, -0.25) is 0 Å². The zero-order valence-corrected chi connectivity index (χ0v) is 17.8. The molecular formula is C23H27BrF2O. The Hall–Kier alpha value is -1.26. The van der Waals surface area contributed by atoms with E-state index in [1.54, 1.807) is 12.1 Å². The average Bonchev–Trinajstić information content (AvgIpc) is 2.61. The van der Waals surface area contributed by atoms with Gasteiger partial charge in [0.1, 0.15) is 0 Å². The van der Waals surface area contributed by atoms with Gasteiger partial charge in [0.2, 0.25) is 0 Å². The largest absolute Gasteiger partial charge is 0.383 e. The van der Waals surface area contributed by atoms with Crippen LogP contribution in [0.5, 0.6) is 0 Å². The van der Waals surface area contributed by atoms with Crippen LogP contribution in [0.4, 0.5) is 8.78 Å². The molecule has 2 aromatic carbocycles. The normalized spacial score (nSPS) is 20.7. The van der Waals surface area contributed by atoms with Gasteiger partial charge in [0.05, 0.1) is 11.7 Å². The number of halogens is 3. The van der Waals surface area contributed by atoms with Gasteiger partial charge in [-0.1, -0.05) is 28.1 Å². The smallest absolute Gasteiger partial charge is 0.313 e. The Morgan fingerprint density at radius 3 is 2.07 bits per heavy atom. The predicted molar refractivity (Wildman–Crippen MR) is 109 cm³/mol. The van der Waals surface area contributed by atoms with Crippen LogP contribution in [0.1, 0.15) is 53.5 Å². The monoisotopic (exact) mass is 436 g/mol. The highest BCUT2D eigenvalue weighted by Gasteiger charge is 2.37. The Kier molecular flexibility index (Phi) is 6.37. The van der Waals surface area contributed by atoms with Gasteiger partial charge in [-0.05, 0) is 105 Å². The zero-order chi connectivity index (χ0) is 19.6. The quantitative estimate of drug-likeness (QED) is 0.479. The van der Waals surface area contributed by atoms with Crippen LogP contribution in [-0.2, 0) is 17.3 Å². The summed E-state index contributed by atoms with van der Waals surface area (Å²) in [6.45, 7) is 6.46. The maximum absolute atomic E-state index is 14.4. The second kappa shape index (κ2) is 8.40. The minimum absolute atomic E-state index is 0.0848. The summed E-state index contributed by atoms with van der Waals surface area (Å²) in [7, 11) is 0. The summed E-state index contributed by atoms with van der Waals surface area (Å²) in [5.41, 5.74) is 5.29. The molecule has 0 aromatic heterocycles. The number of aryl methyl sites for hydroxylation is 2. The molecule has 0 radical (unpaired) electrons. The van der Waals surface area contributed by atoms with Crippen LogP contribution in [0.3, 0.4) is 0 Å². The van der Waals surface area contributed by atoms with Crippen molar-refractivity contribution in [2.45, 2.75) is 65.1 Å². The van der Waals surface area contributed by atoms with Crippen molar-refractivity contribution in [3.8, 4) is 0 Å². The van der Waals surface area contributed by atoms with Crippen molar-refractivity contribution in [2.75, 3.05) is 0 Å². The van der Waals surface area contributed by atoms with Crippen molar-refractivity contribution < 1.29 is 13.5 Å². The van der Waals surface area contributed by atoms with Gasteiger partial charge in [-0.15, -0.1) is 0 Å². The molecule has 0 atom stereocenters. The number of rotatable bonds is 5. The van der Waals surface area contributed by atoms with E-state index in [0.29, 0.717) is 18.8 Å². The van der Waals surface area contributed by atoms with Crippen molar-refractivity contribution in [2.24, 2.45) is 5.92 Å². The molecule has 146 valence electrons. The van der Waals surface area contributed by atoms with E-state index in [1.165, 1.54) is 34.4 Å². The van der Waals surface area contributed by atoms with Crippen LogP contribution in [0, 0.1) is 26.7 Å². The molecule has 1 saturated carbocycles. The molecule has 1 aliphatic carbocycles. The second-order valence-corrected chi connectivity index (χ2v) is 8.76. The van der Waals surface area contributed by atoms with E-state index >= 15 is 0 Å². The van der Waals surface area contributed by atoms with Gasteiger partial charge >= 0.3 is 6.11 Å². The van der Waals surface area contributed by atoms with Crippen molar-refractivity contribution in [3.05, 3.63) is 68.7 Å². The number of hydrogen-bond acceptors (Lipinski definition) is 1. The van der Waals surface area contributed by atoms with Crippen LogP contribution < -0.4 is 0 Å². The van der Waals surface area contributed by atoms with Gasteiger partial charge in [0, 0.05) is 4.47 Å². The fourth-order valence-electron chi connectivity index (χ4n) is 3.95. The Balaban J connectivity index is 1.55.